The van der Waals surface area contributed by atoms with E-state index in [1.807, 2.05) is 0 Å². The number of carboxylic acids is 2. The number of carbonyl (C=O) groups excluding carboxylic acids is 1. The molecular formula is C24H30BrNO9. The molecule has 1 amide bonds. The molecule has 0 radical (unpaired) electrons. The van der Waals surface area contributed by atoms with Crippen molar-refractivity contribution in [2.75, 3.05) is 0 Å². The second kappa shape index (κ2) is 9.88. The molecule has 2 atom stereocenters. The van der Waals surface area contributed by atoms with Crippen molar-refractivity contribution in [3.05, 3.63) is 38.7 Å². The highest BCUT2D eigenvalue weighted by Crippen LogP contribution is 2.38. The van der Waals surface area contributed by atoms with Crippen molar-refractivity contribution in [3.8, 4) is 5.75 Å². The Balaban J connectivity index is 2.58. The van der Waals surface area contributed by atoms with Crippen molar-refractivity contribution in [1.82, 2.24) is 5.32 Å². The molecule has 35 heavy (non-hydrogen) atoms. The average Bonchev–Trinajstić information content (AvgIpc) is 2.65. The lowest BCUT2D eigenvalue weighted by Crippen LogP contribution is -2.64. The number of aliphatic carboxylic acids is 2. The number of aromatic hydroxyl groups is 1. The number of phenols is 1. The van der Waals surface area contributed by atoms with Gasteiger partial charge >= 0.3 is 23.7 Å². The lowest BCUT2D eigenvalue weighted by atomic mass is 9.68. The molecule has 11 heteroatoms. The lowest BCUT2D eigenvalue weighted by Gasteiger charge is -2.43. The van der Waals surface area contributed by atoms with E-state index in [0.717, 1.165) is 6.07 Å². The van der Waals surface area contributed by atoms with Gasteiger partial charge in [-0.25, -0.2) is 14.4 Å². The van der Waals surface area contributed by atoms with Gasteiger partial charge < -0.3 is 29.8 Å². The fourth-order valence-corrected chi connectivity index (χ4v) is 4.11. The molecule has 2 rings (SSSR count). The molecule has 0 saturated carbocycles. The Morgan fingerprint density at radius 3 is 2.17 bits per heavy atom. The van der Waals surface area contributed by atoms with Crippen LogP contribution in [-0.4, -0.2) is 44.5 Å². The number of rotatable bonds is 7. The number of benzene rings is 1. The smallest absolute Gasteiger partial charge is 0.408 e. The third-order valence-corrected chi connectivity index (χ3v) is 6.26. The van der Waals surface area contributed by atoms with Crippen molar-refractivity contribution >= 4 is 44.9 Å². The van der Waals surface area contributed by atoms with Gasteiger partial charge in [0.05, 0.1) is 10.4 Å². The molecule has 1 unspecified atom stereocenters. The van der Waals surface area contributed by atoms with E-state index in [-0.39, 0.29) is 23.3 Å². The Morgan fingerprint density at radius 1 is 1.09 bits per heavy atom. The van der Waals surface area contributed by atoms with Gasteiger partial charge in [-0.3, -0.25) is 4.79 Å². The molecule has 0 aliphatic carbocycles. The number of carbonyl (C=O) groups is 3. The number of ether oxygens (including phenoxy) is 1. The summed E-state index contributed by atoms with van der Waals surface area (Å²) in [5, 5.41) is 32.9. The van der Waals surface area contributed by atoms with Gasteiger partial charge in [0.2, 0.25) is 0 Å². The van der Waals surface area contributed by atoms with Crippen molar-refractivity contribution < 1.29 is 38.9 Å². The topological polar surface area (TPSA) is 163 Å². The fraction of sp³-hybridized carbons (Fsp3) is 0.500. The first-order chi connectivity index (χ1) is 15.9. The highest BCUT2D eigenvalue weighted by Gasteiger charge is 2.53. The number of phenolic OH excluding ortho intramolecular Hbond substituents is 1. The predicted octanol–water partition coefficient (Wildman–Crippen LogP) is 4.29. The van der Waals surface area contributed by atoms with Gasteiger partial charge in [-0.2, -0.15) is 0 Å². The maximum atomic E-state index is 12.6. The van der Waals surface area contributed by atoms with E-state index >= 15 is 0 Å². The summed E-state index contributed by atoms with van der Waals surface area (Å²) in [6, 6.07) is 3.83. The normalized spacial score (nSPS) is 14.7. The van der Waals surface area contributed by atoms with Gasteiger partial charge in [0, 0.05) is 17.5 Å². The molecule has 0 fully saturated rings. The van der Waals surface area contributed by atoms with E-state index in [4.69, 9.17) is 9.15 Å². The van der Waals surface area contributed by atoms with Crippen LogP contribution in [0.25, 0.3) is 11.0 Å². The van der Waals surface area contributed by atoms with Gasteiger partial charge in [-0.05, 0) is 66.6 Å². The number of carboxylic acid groups (broad SMARTS) is 2. The Kier molecular flexibility index (Phi) is 7.95. The maximum absolute atomic E-state index is 12.6. The minimum absolute atomic E-state index is 0.0459. The second-order valence-corrected chi connectivity index (χ2v) is 11.3. The quantitative estimate of drug-likeness (QED) is 0.364. The highest BCUT2D eigenvalue weighted by molar-refractivity contribution is 9.10. The van der Waals surface area contributed by atoms with Gasteiger partial charge in [-0.1, -0.05) is 20.8 Å². The number of amides is 1. The molecule has 4 N–H and O–H groups in total. The highest BCUT2D eigenvalue weighted by atomic mass is 79.9. The molecule has 0 saturated heterocycles. The minimum atomic E-state index is -2.02. The van der Waals surface area contributed by atoms with Crippen LogP contribution in [0.15, 0.2) is 31.9 Å². The molecule has 1 heterocycles. The van der Waals surface area contributed by atoms with E-state index < -0.39 is 52.6 Å². The van der Waals surface area contributed by atoms with Crippen molar-refractivity contribution in [3.63, 3.8) is 0 Å². The molecule has 0 spiro atoms. The van der Waals surface area contributed by atoms with E-state index in [9.17, 15) is 34.5 Å². The Hall–Kier alpha value is -3.08. The predicted molar refractivity (Wildman–Crippen MR) is 130 cm³/mol. The van der Waals surface area contributed by atoms with Crippen LogP contribution in [0.1, 0.15) is 53.5 Å². The Bertz CT molecular complexity index is 1210. The number of hydrogen-bond donors (Lipinski definition) is 4. The van der Waals surface area contributed by atoms with Gasteiger partial charge in [-0.15, -0.1) is 0 Å². The molecule has 10 nitrogen and oxygen atoms in total. The first-order valence-electron chi connectivity index (χ1n) is 10.8. The third kappa shape index (κ3) is 6.53. The van der Waals surface area contributed by atoms with E-state index in [1.165, 1.54) is 12.1 Å². The monoisotopic (exact) mass is 555 g/mol. The van der Waals surface area contributed by atoms with Crippen LogP contribution in [-0.2, 0) is 20.7 Å². The zero-order chi connectivity index (χ0) is 26.9. The number of hydrogen-bond acceptors (Lipinski definition) is 7. The van der Waals surface area contributed by atoms with Crippen LogP contribution in [0.2, 0.25) is 0 Å². The molecule has 1 aromatic carbocycles. The van der Waals surface area contributed by atoms with Crippen LogP contribution in [0.3, 0.4) is 0 Å². The molecule has 192 valence electrons. The maximum Gasteiger partial charge on any atom is 0.408 e. The van der Waals surface area contributed by atoms with Crippen LogP contribution in [0, 0.1) is 11.3 Å². The van der Waals surface area contributed by atoms with Gasteiger partial charge in [0.1, 0.15) is 22.5 Å². The summed E-state index contributed by atoms with van der Waals surface area (Å²) in [5.74, 6) is -4.23. The van der Waals surface area contributed by atoms with Crippen molar-refractivity contribution in [2.45, 2.75) is 65.5 Å². The van der Waals surface area contributed by atoms with E-state index in [1.54, 1.807) is 41.5 Å². The number of nitrogens with one attached hydrogen (secondary N) is 1. The van der Waals surface area contributed by atoms with Crippen LogP contribution < -0.4 is 10.9 Å². The summed E-state index contributed by atoms with van der Waals surface area (Å²) >= 11 is 3.18. The first-order valence-corrected chi connectivity index (χ1v) is 11.6. The summed E-state index contributed by atoms with van der Waals surface area (Å²) in [4.78, 5) is 49.6. The standard InChI is InChI=1S/C24H30BrNO9/c1-22(2,3)24(20(31)32,26-21(33)35-23(4,5)6)11-13(19(29)30)7-12-8-18(28)34-17-10-16(27)15(25)9-14(12)17/h8-10,13,27H,7,11H2,1-6H3,(H,26,33)(H,29,30)(H,31,32)/t13?,24-/m0/s1. The summed E-state index contributed by atoms with van der Waals surface area (Å²) in [7, 11) is 0. The lowest BCUT2D eigenvalue weighted by molar-refractivity contribution is -0.153. The molecular weight excluding hydrogens is 526 g/mol. The molecule has 0 aliphatic rings. The molecule has 0 aliphatic heterocycles. The zero-order valence-corrected chi connectivity index (χ0v) is 22.0. The summed E-state index contributed by atoms with van der Waals surface area (Å²) in [6.07, 6.45) is -1.74. The summed E-state index contributed by atoms with van der Waals surface area (Å²) in [6.45, 7) is 9.58. The first kappa shape index (κ1) is 28.2. The molecule has 0 bridgehead atoms. The SMILES string of the molecule is CC(C)(C)OC(=O)N[C@@](CC(Cc1cc(=O)oc2cc(O)c(Br)cc12)C(=O)O)(C(=O)O)C(C)(C)C. The minimum Gasteiger partial charge on any atom is -0.507 e. The molecule has 2 aromatic rings. The third-order valence-electron chi connectivity index (χ3n) is 5.63. The van der Waals surface area contributed by atoms with E-state index in [2.05, 4.69) is 21.2 Å². The largest absolute Gasteiger partial charge is 0.507 e. The Morgan fingerprint density at radius 2 is 1.69 bits per heavy atom. The van der Waals surface area contributed by atoms with Crippen LogP contribution in [0.4, 0.5) is 4.79 Å². The number of fused-ring (bicyclic) bond motifs is 1. The van der Waals surface area contributed by atoms with Crippen LogP contribution in [0.5, 0.6) is 5.75 Å². The fourth-order valence-electron chi connectivity index (χ4n) is 3.77. The van der Waals surface area contributed by atoms with Gasteiger partial charge in [0.25, 0.3) is 0 Å². The average molecular weight is 556 g/mol. The van der Waals surface area contributed by atoms with Gasteiger partial charge in [0.15, 0.2) is 0 Å². The molecule has 1 aromatic heterocycles. The Labute approximate surface area is 210 Å². The second-order valence-electron chi connectivity index (χ2n) is 10.4. The van der Waals surface area contributed by atoms with Crippen molar-refractivity contribution in [1.29, 1.82) is 0 Å². The zero-order valence-electron chi connectivity index (χ0n) is 20.4. The number of halogens is 1. The summed E-state index contributed by atoms with van der Waals surface area (Å²) < 4.78 is 10.7. The van der Waals surface area contributed by atoms with E-state index in [0.29, 0.717) is 9.86 Å². The van der Waals surface area contributed by atoms with Crippen molar-refractivity contribution in [2.24, 2.45) is 11.3 Å². The number of alkyl carbamates (subject to hydrolysis) is 1. The summed E-state index contributed by atoms with van der Waals surface area (Å²) in [5.41, 5.74) is -4.48. The van der Waals surface area contributed by atoms with Crippen LogP contribution >= 0.6 is 15.9 Å².